The van der Waals surface area contributed by atoms with Gasteiger partial charge in [-0.15, -0.1) is 0 Å². The van der Waals surface area contributed by atoms with Crippen molar-refractivity contribution in [1.29, 1.82) is 0 Å². The Labute approximate surface area is 144 Å². The van der Waals surface area contributed by atoms with Gasteiger partial charge in [-0.3, -0.25) is 4.79 Å². The number of hydrogen-bond acceptors (Lipinski definition) is 3. The third kappa shape index (κ3) is 5.46. The number of hydrogen-bond donors (Lipinski definition) is 2. The topological polar surface area (TPSA) is 75.3 Å². The molecule has 1 amide bonds. The molecule has 2 N–H and O–H groups in total. The third-order valence-corrected chi connectivity index (χ3v) is 5.11. The number of rotatable bonds is 6. The van der Waals surface area contributed by atoms with Crippen LogP contribution in [0.4, 0.5) is 0 Å². The van der Waals surface area contributed by atoms with E-state index in [1.54, 1.807) is 24.3 Å². The summed E-state index contributed by atoms with van der Waals surface area (Å²) < 4.78 is 26.2. The van der Waals surface area contributed by atoms with Crippen LogP contribution in [0.5, 0.6) is 0 Å². The van der Waals surface area contributed by atoms with Crippen LogP contribution in [0.3, 0.4) is 0 Å². The zero-order valence-corrected chi connectivity index (χ0v) is 14.9. The first-order chi connectivity index (χ1) is 10.9. The highest BCUT2D eigenvalue weighted by Crippen LogP contribution is 2.11. The van der Waals surface area contributed by atoms with Gasteiger partial charge in [0.2, 0.25) is 10.0 Å². The molecule has 0 aromatic heterocycles. The minimum Gasteiger partial charge on any atom is -0.348 e. The van der Waals surface area contributed by atoms with Gasteiger partial charge in [-0.25, -0.2) is 13.1 Å². The summed E-state index contributed by atoms with van der Waals surface area (Å²) in [5.41, 5.74) is 2.19. The summed E-state index contributed by atoms with van der Waals surface area (Å²) in [6, 6.07) is 14.2. The van der Waals surface area contributed by atoms with Gasteiger partial charge in [0.1, 0.15) is 0 Å². The smallest absolute Gasteiger partial charge is 0.251 e. The van der Waals surface area contributed by atoms with Crippen molar-refractivity contribution in [3.05, 3.63) is 69.7 Å². The summed E-state index contributed by atoms with van der Waals surface area (Å²) in [7, 11) is -1.88. The molecule has 0 atom stereocenters. The molecule has 2 aromatic rings. The van der Waals surface area contributed by atoms with Gasteiger partial charge in [0, 0.05) is 16.6 Å². The first-order valence-electron chi connectivity index (χ1n) is 6.92. The standard InChI is InChI=1S/C16H17BrN2O3S/c1-18-23(21,22)11-13-4-2-12(3-5-13)10-19-16(20)14-6-8-15(17)9-7-14/h2-9,18H,10-11H2,1H3,(H,19,20). The monoisotopic (exact) mass is 396 g/mol. The van der Waals surface area contributed by atoms with E-state index >= 15 is 0 Å². The van der Waals surface area contributed by atoms with Crippen LogP contribution >= 0.6 is 15.9 Å². The molecule has 2 rings (SSSR count). The van der Waals surface area contributed by atoms with Gasteiger partial charge in [0.25, 0.3) is 5.91 Å². The molecule has 0 radical (unpaired) electrons. The average Bonchev–Trinajstić information content (AvgIpc) is 2.54. The molecule has 7 heteroatoms. The molecule has 23 heavy (non-hydrogen) atoms. The van der Waals surface area contributed by atoms with E-state index in [-0.39, 0.29) is 11.7 Å². The summed E-state index contributed by atoms with van der Waals surface area (Å²) in [4.78, 5) is 12.0. The number of nitrogens with one attached hydrogen (secondary N) is 2. The van der Waals surface area contributed by atoms with Crippen LogP contribution in [-0.4, -0.2) is 21.4 Å². The first kappa shape index (κ1) is 17.7. The minimum atomic E-state index is -3.27. The van der Waals surface area contributed by atoms with E-state index in [1.807, 2.05) is 24.3 Å². The fourth-order valence-corrected chi connectivity index (χ4v) is 2.97. The van der Waals surface area contributed by atoms with E-state index in [0.717, 1.165) is 10.0 Å². The fourth-order valence-electron chi connectivity index (χ4n) is 1.93. The van der Waals surface area contributed by atoms with Crippen LogP contribution in [0.1, 0.15) is 21.5 Å². The van der Waals surface area contributed by atoms with Gasteiger partial charge in [-0.1, -0.05) is 40.2 Å². The van der Waals surface area contributed by atoms with Crippen molar-refractivity contribution in [3.8, 4) is 0 Å². The predicted molar refractivity (Wildman–Crippen MR) is 93.4 cm³/mol. The molecular formula is C16H17BrN2O3S. The lowest BCUT2D eigenvalue weighted by molar-refractivity contribution is 0.0951. The Kier molecular flexibility index (Phi) is 5.92. The van der Waals surface area contributed by atoms with Crippen LogP contribution in [0.25, 0.3) is 0 Å². The summed E-state index contributed by atoms with van der Waals surface area (Å²) in [5.74, 6) is -0.214. The maximum Gasteiger partial charge on any atom is 0.251 e. The normalized spacial score (nSPS) is 11.2. The van der Waals surface area contributed by atoms with Crippen molar-refractivity contribution in [3.63, 3.8) is 0 Å². The molecule has 0 aliphatic carbocycles. The highest BCUT2D eigenvalue weighted by atomic mass is 79.9. The van der Waals surface area contributed by atoms with Crippen LogP contribution in [-0.2, 0) is 22.3 Å². The van der Waals surface area contributed by atoms with Gasteiger partial charge in [-0.05, 0) is 42.4 Å². The van der Waals surface area contributed by atoms with Crippen molar-refractivity contribution in [2.24, 2.45) is 0 Å². The van der Waals surface area contributed by atoms with E-state index in [0.29, 0.717) is 17.7 Å². The van der Waals surface area contributed by atoms with Crippen LogP contribution in [0, 0.1) is 0 Å². The molecule has 0 aliphatic rings. The van der Waals surface area contributed by atoms with E-state index in [1.165, 1.54) is 7.05 Å². The van der Waals surface area contributed by atoms with Gasteiger partial charge in [0.15, 0.2) is 0 Å². The number of carbonyl (C=O) groups is 1. The van der Waals surface area contributed by atoms with Crippen molar-refractivity contribution in [1.82, 2.24) is 10.0 Å². The second kappa shape index (κ2) is 7.72. The van der Waals surface area contributed by atoms with E-state index < -0.39 is 10.0 Å². The largest absolute Gasteiger partial charge is 0.348 e. The second-order valence-corrected chi connectivity index (χ2v) is 7.81. The number of halogens is 1. The molecule has 0 fully saturated rings. The van der Waals surface area contributed by atoms with Crippen molar-refractivity contribution < 1.29 is 13.2 Å². The number of amides is 1. The summed E-state index contributed by atoms with van der Waals surface area (Å²) in [6.07, 6.45) is 0. The van der Waals surface area contributed by atoms with E-state index in [2.05, 4.69) is 26.0 Å². The van der Waals surface area contributed by atoms with Gasteiger partial charge in [-0.2, -0.15) is 0 Å². The summed E-state index contributed by atoms with van der Waals surface area (Å²) >= 11 is 3.32. The maximum atomic E-state index is 12.0. The predicted octanol–water partition coefficient (Wildman–Crippen LogP) is 2.43. The molecular weight excluding hydrogens is 380 g/mol. The lowest BCUT2D eigenvalue weighted by Crippen LogP contribution is -2.22. The number of sulfonamides is 1. The highest BCUT2D eigenvalue weighted by molar-refractivity contribution is 9.10. The van der Waals surface area contributed by atoms with Crippen molar-refractivity contribution in [2.75, 3.05) is 7.05 Å². The lowest BCUT2D eigenvalue weighted by atomic mass is 10.1. The molecule has 122 valence electrons. The zero-order chi connectivity index (χ0) is 16.9. The Morgan fingerprint density at radius 2 is 1.57 bits per heavy atom. The molecule has 0 heterocycles. The molecule has 0 spiro atoms. The van der Waals surface area contributed by atoms with Crippen LogP contribution < -0.4 is 10.0 Å². The maximum absolute atomic E-state index is 12.0. The molecule has 0 bridgehead atoms. The molecule has 0 aliphatic heterocycles. The highest BCUT2D eigenvalue weighted by Gasteiger charge is 2.09. The Hall–Kier alpha value is -1.70. The van der Waals surface area contributed by atoms with Crippen molar-refractivity contribution in [2.45, 2.75) is 12.3 Å². The minimum absolute atomic E-state index is 0.0605. The van der Waals surface area contributed by atoms with Crippen LogP contribution in [0.15, 0.2) is 53.0 Å². The zero-order valence-electron chi connectivity index (χ0n) is 12.5. The fraction of sp³-hybridized carbons (Fsp3) is 0.188. The molecule has 5 nitrogen and oxygen atoms in total. The summed E-state index contributed by atoms with van der Waals surface area (Å²) in [6.45, 7) is 0.383. The molecule has 0 saturated heterocycles. The number of carbonyl (C=O) groups excluding carboxylic acids is 1. The Morgan fingerprint density at radius 1 is 1.00 bits per heavy atom. The quantitative estimate of drug-likeness (QED) is 0.786. The van der Waals surface area contributed by atoms with Gasteiger partial charge >= 0.3 is 0 Å². The Balaban J connectivity index is 1.93. The number of benzene rings is 2. The second-order valence-electron chi connectivity index (χ2n) is 4.97. The Bertz CT molecular complexity index is 772. The first-order valence-corrected chi connectivity index (χ1v) is 9.37. The molecule has 2 aromatic carbocycles. The van der Waals surface area contributed by atoms with Crippen molar-refractivity contribution >= 4 is 31.9 Å². The van der Waals surface area contributed by atoms with Crippen LogP contribution in [0.2, 0.25) is 0 Å². The molecule has 0 unspecified atom stereocenters. The SMILES string of the molecule is CNS(=O)(=O)Cc1ccc(CNC(=O)c2ccc(Br)cc2)cc1. The summed E-state index contributed by atoms with van der Waals surface area (Å²) in [5, 5.41) is 2.83. The van der Waals surface area contributed by atoms with E-state index in [9.17, 15) is 13.2 Å². The van der Waals surface area contributed by atoms with Gasteiger partial charge < -0.3 is 5.32 Å². The molecule has 0 saturated carbocycles. The van der Waals surface area contributed by atoms with Gasteiger partial charge in [0.05, 0.1) is 5.75 Å². The lowest BCUT2D eigenvalue weighted by Gasteiger charge is -2.07. The van der Waals surface area contributed by atoms with E-state index in [4.69, 9.17) is 0 Å². The third-order valence-electron chi connectivity index (χ3n) is 3.25. The Morgan fingerprint density at radius 3 is 2.13 bits per heavy atom. The average molecular weight is 397 g/mol.